The Labute approximate surface area is 248 Å². The van der Waals surface area contributed by atoms with Crippen LogP contribution in [0.4, 0.5) is 0 Å². The van der Waals surface area contributed by atoms with Gasteiger partial charge in [-0.1, -0.05) is 72.1 Å². The summed E-state index contributed by atoms with van der Waals surface area (Å²) in [6.07, 6.45) is 15.4. The third-order valence-corrected chi connectivity index (χ3v) is 14.3. The zero-order valence-electron chi connectivity index (χ0n) is 25.9. The molecule has 4 saturated carbocycles. The monoisotopic (exact) mass is 568 g/mol. The van der Waals surface area contributed by atoms with Gasteiger partial charge in [0.15, 0.2) is 0 Å². The van der Waals surface area contributed by atoms with Crippen molar-refractivity contribution in [3.63, 3.8) is 0 Å². The van der Waals surface area contributed by atoms with Gasteiger partial charge in [-0.3, -0.25) is 0 Å². The minimum atomic E-state index is -1.10. The van der Waals surface area contributed by atoms with Crippen molar-refractivity contribution in [2.75, 3.05) is 5.75 Å². The fraction of sp³-hybridized carbons (Fsp3) is 0.833. The van der Waals surface area contributed by atoms with Gasteiger partial charge < -0.3 is 5.11 Å². The predicted molar refractivity (Wildman–Crippen MR) is 165 cm³/mol. The van der Waals surface area contributed by atoms with Crippen LogP contribution in [0.2, 0.25) is 0 Å². The van der Waals surface area contributed by atoms with Crippen LogP contribution in [-0.2, 0) is 9.78 Å². The lowest BCUT2D eigenvalue weighted by Gasteiger charge is -2.64. The van der Waals surface area contributed by atoms with Crippen LogP contribution in [-0.4, -0.2) is 22.8 Å². The molecule has 1 N–H and O–H groups in total. The summed E-state index contributed by atoms with van der Waals surface area (Å²) in [5.74, 6) is 5.71. The van der Waals surface area contributed by atoms with Crippen molar-refractivity contribution in [2.45, 2.75) is 128 Å². The molecule has 11 atom stereocenters. The molecule has 4 heteroatoms. The highest BCUT2D eigenvalue weighted by Crippen LogP contribution is 2.70. The van der Waals surface area contributed by atoms with Gasteiger partial charge in [0.1, 0.15) is 6.10 Å². The Balaban J connectivity index is 1.13. The SMILES string of the molecule is CC(C)CCC[C@@H](C)[C@H]1CC[C@H]2[C@@H]3CC[C@H]4C[C@@]5(O)OO[C@H](CSc6ccccc6)C[C@@H]5C[C@]4(C)[C@H]3CC[C@]12C. The molecule has 3 nitrogen and oxygen atoms in total. The molecule has 4 aliphatic carbocycles. The van der Waals surface area contributed by atoms with Crippen LogP contribution in [0.1, 0.15) is 112 Å². The average Bonchev–Trinajstić information content (AvgIpc) is 3.28. The van der Waals surface area contributed by atoms with Gasteiger partial charge in [0.05, 0.1) is 0 Å². The van der Waals surface area contributed by atoms with Crippen molar-refractivity contribution < 1.29 is 14.9 Å². The number of benzene rings is 1. The molecule has 0 radical (unpaired) electrons. The van der Waals surface area contributed by atoms with Crippen LogP contribution in [0.3, 0.4) is 0 Å². The van der Waals surface area contributed by atoms with Gasteiger partial charge >= 0.3 is 0 Å². The van der Waals surface area contributed by atoms with E-state index in [1.54, 1.807) is 0 Å². The minimum Gasteiger partial charge on any atom is -0.363 e. The Kier molecular flexibility index (Phi) is 8.49. The maximum absolute atomic E-state index is 11.7. The number of hydrogen-bond acceptors (Lipinski definition) is 4. The Morgan fingerprint density at radius 1 is 0.900 bits per heavy atom. The highest BCUT2D eigenvalue weighted by Gasteiger charge is 2.64. The van der Waals surface area contributed by atoms with Gasteiger partial charge in [-0.05, 0) is 116 Å². The average molecular weight is 569 g/mol. The smallest absolute Gasteiger partial charge is 0.202 e. The lowest BCUT2D eigenvalue weighted by atomic mass is 9.43. The first kappa shape index (κ1) is 29.5. The van der Waals surface area contributed by atoms with E-state index in [4.69, 9.17) is 9.78 Å². The molecule has 1 heterocycles. The molecule has 1 aromatic rings. The lowest BCUT2D eigenvalue weighted by molar-refractivity contribution is -0.487. The molecule has 0 amide bonds. The van der Waals surface area contributed by atoms with Gasteiger partial charge in [0.2, 0.25) is 5.79 Å². The summed E-state index contributed by atoms with van der Waals surface area (Å²) < 4.78 is 0. The number of hydrogen-bond donors (Lipinski definition) is 1. The third-order valence-electron chi connectivity index (χ3n) is 13.2. The molecular formula is C36H56O3S. The molecule has 0 bridgehead atoms. The second kappa shape index (κ2) is 11.5. The van der Waals surface area contributed by atoms with Gasteiger partial charge in [-0.25, -0.2) is 9.78 Å². The van der Waals surface area contributed by atoms with Gasteiger partial charge in [0.25, 0.3) is 0 Å². The molecule has 1 aliphatic heterocycles. The number of fused-ring (bicyclic) bond motifs is 6. The minimum absolute atomic E-state index is 0.0393. The maximum Gasteiger partial charge on any atom is 0.202 e. The first-order valence-electron chi connectivity index (χ1n) is 16.9. The molecule has 1 saturated heterocycles. The zero-order chi connectivity index (χ0) is 28.1. The van der Waals surface area contributed by atoms with Crippen LogP contribution in [0, 0.1) is 58.2 Å². The molecule has 224 valence electrons. The van der Waals surface area contributed by atoms with Crippen molar-refractivity contribution >= 4 is 11.8 Å². The molecule has 0 aromatic heterocycles. The molecule has 1 aromatic carbocycles. The van der Waals surface area contributed by atoms with Gasteiger partial charge in [-0.2, -0.15) is 0 Å². The van der Waals surface area contributed by atoms with Gasteiger partial charge in [0, 0.05) is 23.0 Å². The van der Waals surface area contributed by atoms with Crippen LogP contribution in [0.15, 0.2) is 35.2 Å². The third kappa shape index (κ3) is 5.35. The Morgan fingerprint density at radius 2 is 1.68 bits per heavy atom. The van der Waals surface area contributed by atoms with E-state index in [2.05, 4.69) is 65.0 Å². The number of thioether (sulfide) groups is 1. The first-order chi connectivity index (χ1) is 19.1. The Bertz CT molecular complexity index is 999. The summed E-state index contributed by atoms with van der Waals surface area (Å²) in [7, 11) is 0. The largest absolute Gasteiger partial charge is 0.363 e. The van der Waals surface area contributed by atoms with Gasteiger partial charge in [-0.15, -0.1) is 11.8 Å². The normalized spacial score (nSPS) is 45.3. The number of aliphatic hydroxyl groups is 1. The van der Waals surface area contributed by atoms with E-state index in [-0.39, 0.29) is 12.0 Å². The van der Waals surface area contributed by atoms with E-state index < -0.39 is 5.79 Å². The predicted octanol–water partition coefficient (Wildman–Crippen LogP) is 9.54. The lowest BCUT2D eigenvalue weighted by Crippen LogP contribution is -2.61. The molecule has 5 aliphatic rings. The maximum atomic E-state index is 11.7. The molecule has 0 spiro atoms. The summed E-state index contributed by atoms with van der Waals surface area (Å²) in [6.45, 7) is 12.7. The zero-order valence-corrected chi connectivity index (χ0v) is 26.8. The topological polar surface area (TPSA) is 38.7 Å². The second-order valence-electron chi connectivity index (χ2n) is 15.8. The summed E-state index contributed by atoms with van der Waals surface area (Å²) >= 11 is 1.84. The summed E-state index contributed by atoms with van der Waals surface area (Å²) in [6, 6.07) is 10.6. The van der Waals surface area contributed by atoms with Crippen LogP contribution < -0.4 is 0 Å². The van der Waals surface area contributed by atoms with E-state index in [0.717, 1.165) is 60.5 Å². The van der Waals surface area contributed by atoms with E-state index in [1.807, 2.05) is 11.8 Å². The van der Waals surface area contributed by atoms with Crippen molar-refractivity contribution in [2.24, 2.45) is 58.2 Å². The quantitative estimate of drug-likeness (QED) is 0.250. The summed E-state index contributed by atoms with van der Waals surface area (Å²) in [5, 5.41) is 11.7. The molecule has 5 fully saturated rings. The fourth-order valence-electron chi connectivity index (χ4n) is 11.1. The number of rotatable bonds is 8. The highest BCUT2D eigenvalue weighted by molar-refractivity contribution is 7.99. The van der Waals surface area contributed by atoms with Crippen LogP contribution in [0.5, 0.6) is 0 Å². The fourth-order valence-corrected chi connectivity index (χ4v) is 12.0. The summed E-state index contributed by atoms with van der Waals surface area (Å²) in [4.78, 5) is 13.1. The van der Waals surface area contributed by atoms with Crippen molar-refractivity contribution in [1.82, 2.24) is 0 Å². The van der Waals surface area contributed by atoms with Crippen LogP contribution >= 0.6 is 11.8 Å². The molecule has 0 unspecified atom stereocenters. The first-order valence-corrected chi connectivity index (χ1v) is 17.9. The van der Waals surface area contributed by atoms with Crippen LogP contribution in [0.25, 0.3) is 0 Å². The van der Waals surface area contributed by atoms with Crippen molar-refractivity contribution in [3.8, 4) is 0 Å². The standard InChI is InChI=1S/C36H56O3S/c1-24(2)10-9-11-25(3)31-16-17-32-30-15-14-26-22-36(37)27(21-35(26,5)33(30)18-19-34(31,32)4)20-28(38-39-36)23-40-29-12-7-6-8-13-29/h6-8,12-13,24-28,30-33,37H,9-11,14-23H2,1-5H3/t25-,26+,27-,28+,30+,31-,32+,33+,34-,35+,36-/m1/s1. The second-order valence-corrected chi connectivity index (χ2v) is 16.9. The van der Waals surface area contributed by atoms with Crippen molar-refractivity contribution in [1.29, 1.82) is 0 Å². The van der Waals surface area contributed by atoms with Crippen molar-refractivity contribution in [3.05, 3.63) is 30.3 Å². The van der Waals surface area contributed by atoms with E-state index in [1.165, 1.54) is 62.7 Å². The van der Waals surface area contributed by atoms with E-state index >= 15 is 0 Å². The molecule has 6 rings (SSSR count). The van der Waals surface area contributed by atoms with E-state index in [9.17, 15) is 5.11 Å². The molecule has 40 heavy (non-hydrogen) atoms. The van der Waals surface area contributed by atoms with E-state index in [0.29, 0.717) is 16.7 Å². The Hall–Kier alpha value is -0.550. The highest BCUT2D eigenvalue weighted by atomic mass is 32.2. The Morgan fingerprint density at radius 3 is 2.45 bits per heavy atom. The summed E-state index contributed by atoms with van der Waals surface area (Å²) in [5.41, 5.74) is 0.860. The molecular weight excluding hydrogens is 512 g/mol.